The number of aromatic nitrogens is 4. The molecule has 1 fully saturated rings. The lowest BCUT2D eigenvalue weighted by Crippen LogP contribution is -2.36. The Morgan fingerprint density at radius 1 is 1.07 bits per heavy atom. The molecule has 1 aliphatic heterocycles. The van der Waals surface area contributed by atoms with E-state index < -0.39 is 0 Å². The number of morpholine rings is 1. The van der Waals surface area contributed by atoms with Crippen LogP contribution in [0.1, 0.15) is 0 Å². The molecule has 152 valence electrons. The number of benzene rings is 2. The molecule has 0 aliphatic carbocycles. The van der Waals surface area contributed by atoms with Crippen molar-refractivity contribution in [2.45, 2.75) is 0 Å². The number of anilines is 3. The van der Waals surface area contributed by atoms with Gasteiger partial charge in [0.05, 0.1) is 58.9 Å². The molecule has 0 spiro atoms. The Hall–Kier alpha value is -3.16. The minimum atomic E-state index is 0.497. The van der Waals surface area contributed by atoms with Crippen LogP contribution in [0.5, 0.6) is 0 Å². The number of imidazole rings is 1. The van der Waals surface area contributed by atoms with E-state index >= 15 is 0 Å². The summed E-state index contributed by atoms with van der Waals surface area (Å²) in [4.78, 5) is 15.8. The molecule has 7 nitrogen and oxygen atoms in total. The lowest BCUT2D eigenvalue weighted by Gasteiger charge is -2.30. The summed E-state index contributed by atoms with van der Waals surface area (Å²) < 4.78 is 7.46. The van der Waals surface area contributed by atoms with Gasteiger partial charge in [0.1, 0.15) is 0 Å². The summed E-state index contributed by atoms with van der Waals surface area (Å²) >= 11 is 6.44. The van der Waals surface area contributed by atoms with Crippen molar-refractivity contribution in [2.75, 3.05) is 36.5 Å². The molecular weight excluding hydrogens is 400 g/mol. The molecule has 2 aromatic heterocycles. The number of nitrogens with zero attached hydrogens (tertiary/aromatic N) is 5. The molecular formula is C22H21ClN6O. The Labute approximate surface area is 179 Å². The number of rotatable bonds is 4. The van der Waals surface area contributed by atoms with E-state index in [1.807, 2.05) is 48.0 Å². The van der Waals surface area contributed by atoms with Crippen LogP contribution in [-0.2, 0) is 11.8 Å². The highest BCUT2D eigenvalue weighted by molar-refractivity contribution is 6.33. The summed E-state index contributed by atoms with van der Waals surface area (Å²) in [5, 5.41) is 3.86. The number of halogens is 1. The van der Waals surface area contributed by atoms with Gasteiger partial charge in [-0.15, -0.1) is 0 Å². The molecule has 5 rings (SSSR count). The lowest BCUT2D eigenvalue weighted by molar-refractivity contribution is 0.123. The molecule has 0 amide bonds. The molecule has 4 aromatic rings. The summed E-state index contributed by atoms with van der Waals surface area (Å²) in [6.45, 7) is 3.17. The van der Waals surface area contributed by atoms with Crippen LogP contribution in [-0.4, -0.2) is 45.8 Å². The number of hydrogen-bond donors (Lipinski definition) is 1. The smallest absolute Gasteiger partial charge is 0.227 e. The Morgan fingerprint density at radius 2 is 1.90 bits per heavy atom. The molecule has 8 heteroatoms. The van der Waals surface area contributed by atoms with Crippen LogP contribution < -0.4 is 10.2 Å². The van der Waals surface area contributed by atoms with Gasteiger partial charge in [0.2, 0.25) is 5.95 Å². The Balaban J connectivity index is 1.48. The van der Waals surface area contributed by atoms with E-state index in [4.69, 9.17) is 21.3 Å². The van der Waals surface area contributed by atoms with Gasteiger partial charge in [0.15, 0.2) is 0 Å². The standard InChI is InChI=1S/C22H21ClN6O/c1-28-14-25-18-12-15(6-7-19(18)28)21-16(23)13-24-22(27-21)26-17-4-2-3-5-20(17)29-8-10-30-11-9-29/h2-7,12-14H,8-11H2,1H3,(H,24,26,27). The van der Waals surface area contributed by atoms with Crippen LogP contribution in [0.4, 0.5) is 17.3 Å². The molecule has 2 aromatic carbocycles. The van der Waals surface area contributed by atoms with E-state index in [0.29, 0.717) is 16.7 Å². The minimum Gasteiger partial charge on any atom is -0.378 e. The van der Waals surface area contributed by atoms with Crippen LogP contribution in [0.15, 0.2) is 55.0 Å². The van der Waals surface area contributed by atoms with E-state index in [-0.39, 0.29) is 0 Å². The first-order valence-electron chi connectivity index (χ1n) is 9.82. The second-order valence-electron chi connectivity index (χ2n) is 7.19. The van der Waals surface area contributed by atoms with Gasteiger partial charge in [-0.1, -0.05) is 29.8 Å². The molecule has 0 atom stereocenters. The Bertz CT molecular complexity index is 1200. The first-order valence-corrected chi connectivity index (χ1v) is 10.2. The maximum absolute atomic E-state index is 6.44. The zero-order valence-electron chi connectivity index (χ0n) is 16.5. The van der Waals surface area contributed by atoms with E-state index in [9.17, 15) is 0 Å². The zero-order chi connectivity index (χ0) is 20.5. The number of hydrogen-bond acceptors (Lipinski definition) is 6. The highest BCUT2D eigenvalue weighted by Crippen LogP contribution is 2.31. The third kappa shape index (κ3) is 3.58. The highest BCUT2D eigenvalue weighted by Gasteiger charge is 2.16. The van der Waals surface area contributed by atoms with Gasteiger partial charge in [0, 0.05) is 25.7 Å². The number of aryl methyl sites for hydroxylation is 1. The van der Waals surface area contributed by atoms with Gasteiger partial charge in [-0.25, -0.2) is 15.0 Å². The summed E-state index contributed by atoms with van der Waals surface area (Å²) in [5.74, 6) is 0.497. The highest BCUT2D eigenvalue weighted by atomic mass is 35.5. The molecule has 1 aliphatic rings. The van der Waals surface area contributed by atoms with Gasteiger partial charge < -0.3 is 19.5 Å². The maximum atomic E-state index is 6.44. The lowest BCUT2D eigenvalue weighted by atomic mass is 10.1. The van der Waals surface area contributed by atoms with Crippen LogP contribution in [0.3, 0.4) is 0 Å². The topological polar surface area (TPSA) is 68.1 Å². The van der Waals surface area contributed by atoms with Crippen molar-refractivity contribution < 1.29 is 4.74 Å². The summed E-state index contributed by atoms with van der Waals surface area (Å²) in [7, 11) is 1.97. The first kappa shape index (κ1) is 18.8. The van der Waals surface area contributed by atoms with Crippen molar-refractivity contribution >= 4 is 40.0 Å². The molecule has 0 unspecified atom stereocenters. The second kappa shape index (κ2) is 7.93. The van der Waals surface area contributed by atoms with Crippen molar-refractivity contribution in [3.63, 3.8) is 0 Å². The predicted molar refractivity (Wildman–Crippen MR) is 120 cm³/mol. The number of ether oxygens (including phenoxy) is 1. The second-order valence-corrected chi connectivity index (χ2v) is 7.60. The molecule has 0 radical (unpaired) electrons. The average molecular weight is 421 g/mol. The Morgan fingerprint density at radius 3 is 2.77 bits per heavy atom. The van der Waals surface area contributed by atoms with E-state index in [1.54, 1.807) is 12.5 Å². The van der Waals surface area contributed by atoms with E-state index in [2.05, 4.69) is 26.3 Å². The third-order valence-electron chi connectivity index (χ3n) is 5.25. The van der Waals surface area contributed by atoms with Gasteiger partial charge in [-0.3, -0.25) is 0 Å². The van der Waals surface area contributed by atoms with Crippen LogP contribution in [0.2, 0.25) is 5.02 Å². The van der Waals surface area contributed by atoms with Gasteiger partial charge in [-0.2, -0.15) is 0 Å². The normalized spacial score (nSPS) is 14.3. The summed E-state index contributed by atoms with van der Waals surface area (Å²) in [6.07, 6.45) is 3.43. The molecule has 30 heavy (non-hydrogen) atoms. The maximum Gasteiger partial charge on any atom is 0.227 e. The summed E-state index contributed by atoms with van der Waals surface area (Å²) in [6, 6.07) is 14.2. The number of para-hydroxylation sites is 2. The SMILES string of the molecule is Cn1cnc2cc(-c3nc(Nc4ccccc4N4CCOCC4)ncc3Cl)ccc21. The molecule has 1 saturated heterocycles. The van der Waals surface area contributed by atoms with Crippen molar-refractivity contribution in [2.24, 2.45) is 7.05 Å². The predicted octanol–water partition coefficient (Wildman–Crippen LogP) is 4.26. The third-order valence-corrected chi connectivity index (χ3v) is 5.52. The molecule has 0 bridgehead atoms. The number of nitrogens with one attached hydrogen (secondary N) is 1. The van der Waals surface area contributed by atoms with Crippen LogP contribution >= 0.6 is 11.6 Å². The fraction of sp³-hybridized carbons (Fsp3) is 0.227. The van der Waals surface area contributed by atoms with Gasteiger partial charge >= 0.3 is 0 Å². The molecule has 0 saturated carbocycles. The van der Waals surface area contributed by atoms with Gasteiger partial charge in [-0.05, 0) is 24.3 Å². The van der Waals surface area contributed by atoms with Crippen molar-refractivity contribution in [3.05, 3.63) is 60.0 Å². The van der Waals surface area contributed by atoms with Crippen molar-refractivity contribution in [1.29, 1.82) is 0 Å². The first-order chi connectivity index (χ1) is 14.7. The molecule has 3 heterocycles. The Kier molecular flexibility index (Phi) is 4.98. The largest absolute Gasteiger partial charge is 0.378 e. The van der Waals surface area contributed by atoms with Crippen molar-refractivity contribution in [1.82, 2.24) is 19.5 Å². The molecule has 1 N–H and O–H groups in total. The quantitative estimate of drug-likeness (QED) is 0.532. The average Bonchev–Trinajstić information content (AvgIpc) is 3.16. The van der Waals surface area contributed by atoms with Crippen LogP contribution in [0.25, 0.3) is 22.3 Å². The van der Waals surface area contributed by atoms with Gasteiger partial charge in [0.25, 0.3) is 0 Å². The monoisotopic (exact) mass is 420 g/mol. The van der Waals surface area contributed by atoms with Crippen LogP contribution in [0, 0.1) is 0 Å². The van der Waals surface area contributed by atoms with E-state index in [1.165, 1.54) is 0 Å². The fourth-order valence-corrected chi connectivity index (χ4v) is 3.89. The van der Waals surface area contributed by atoms with E-state index in [0.717, 1.165) is 54.3 Å². The minimum absolute atomic E-state index is 0.497. The summed E-state index contributed by atoms with van der Waals surface area (Å²) in [5.41, 5.74) is 5.59. The fourth-order valence-electron chi connectivity index (χ4n) is 3.69. The van der Waals surface area contributed by atoms with Crippen molar-refractivity contribution in [3.8, 4) is 11.3 Å². The number of fused-ring (bicyclic) bond motifs is 1. The zero-order valence-corrected chi connectivity index (χ0v) is 17.3.